The fraction of sp³-hybridized carbons (Fsp3) is 0.143. The van der Waals surface area contributed by atoms with Crippen molar-refractivity contribution in [3.63, 3.8) is 0 Å². The van der Waals surface area contributed by atoms with E-state index in [2.05, 4.69) is 16.9 Å². The molecule has 0 unspecified atom stereocenters. The van der Waals surface area contributed by atoms with Gasteiger partial charge in [0.25, 0.3) is 0 Å². The van der Waals surface area contributed by atoms with E-state index >= 15 is 0 Å². The lowest BCUT2D eigenvalue weighted by molar-refractivity contribution is 0.475. The van der Waals surface area contributed by atoms with Gasteiger partial charge in [-0.25, -0.2) is 9.97 Å². The van der Waals surface area contributed by atoms with Crippen molar-refractivity contribution >= 4 is 11.2 Å². The number of aromatic hydroxyl groups is 1. The van der Waals surface area contributed by atoms with E-state index in [0.717, 1.165) is 29.1 Å². The molecule has 2 aromatic heterocycles. The Morgan fingerprint density at radius 2 is 2.11 bits per heavy atom. The molecule has 0 aliphatic heterocycles. The Morgan fingerprint density at radius 1 is 1.22 bits per heavy atom. The summed E-state index contributed by atoms with van der Waals surface area (Å²) >= 11 is 0. The molecule has 0 atom stereocenters. The van der Waals surface area contributed by atoms with Crippen LogP contribution in [0.1, 0.15) is 6.92 Å². The van der Waals surface area contributed by atoms with Gasteiger partial charge in [-0.15, -0.1) is 0 Å². The number of phenolic OH excluding ortho intramolecular Hbond substituents is 1. The van der Waals surface area contributed by atoms with Crippen LogP contribution in [0.2, 0.25) is 0 Å². The van der Waals surface area contributed by atoms with Crippen molar-refractivity contribution in [2.24, 2.45) is 0 Å². The maximum Gasteiger partial charge on any atom is 0.160 e. The number of pyridine rings is 1. The van der Waals surface area contributed by atoms with Crippen LogP contribution in [-0.4, -0.2) is 19.6 Å². The van der Waals surface area contributed by atoms with E-state index in [4.69, 9.17) is 0 Å². The third-order valence-corrected chi connectivity index (χ3v) is 2.92. The summed E-state index contributed by atoms with van der Waals surface area (Å²) in [5.41, 5.74) is 2.64. The molecule has 4 nitrogen and oxygen atoms in total. The number of fused-ring (bicyclic) bond motifs is 1. The highest BCUT2D eigenvalue weighted by Gasteiger charge is 2.12. The number of imidazole rings is 1. The molecule has 2 heterocycles. The summed E-state index contributed by atoms with van der Waals surface area (Å²) in [5.74, 6) is 1.08. The molecule has 1 N–H and O–H groups in total. The molecule has 0 fully saturated rings. The lowest BCUT2D eigenvalue weighted by Crippen LogP contribution is -1.98. The third kappa shape index (κ3) is 1.62. The van der Waals surface area contributed by atoms with Crippen molar-refractivity contribution in [3.05, 3.63) is 42.6 Å². The third-order valence-electron chi connectivity index (χ3n) is 2.92. The highest BCUT2D eigenvalue weighted by Crippen LogP contribution is 2.25. The summed E-state index contributed by atoms with van der Waals surface area (Å²) in [6.45, 7) is 2.85. The Kier molecular flexibility index (Phi) is 2.48. The minimum absolute atomic E-state index is 0.246. The molecule has 0 bridgehead atoms. The maximum atomic E-state index is 9.56. The van der Waals surface area contributed by atoms with Gasteiger partial charge < -0.3 is 9.67 Å². The fourth-order valence-corrected chi connectivity index (χ4v) is 2.12. The zero-order valence-corrected chi connectivity index (χ0v) is 10.0. The predicted octanol–water partition coefficient (Wildman–Crippen LogP) is 2.82. The van der Waals surface area contributed by atoms with Crippen LogP contribution >= 0.6 is 0 Å². The van der Waals surface area contributed by atoms with Gasteiger partial charge in [0, 0.05) is 18.3 Å². The van der Waals surface area contributed by atoms with Gasteiger partial charge in [-0.05, 0) is 31.2 Å². The average molecular weight is 239 g/mol. The summed E-state index contributed by atoms with van der Waals surface area (Å²) in [5, 5.41) is 9.56. The van der Waals surface area contributed by atoms with E-state index < -0.39 is 0 Å². The van der Waals surface area contributed by atoms with Crippen LogP contribution in [0.25, 0.3) is 22.6 Å². The number of aryl methyl sites for hydroxylation is 1. The van der Waals surface area contributed by atoms with E-state index in [1.54, 1.807) is 18.3 Å². The van der Waals surface area contributed by atoms with Crippen molar-refractivity contribution in [1.29, 1.82) is 0 Å². The lowest BCUT2D eigenvalue weighted by atomic mass is 10.2. The van der Waals surface area contributed by atoms with Gasteiger partial charge in [0.2, 0.25) is 0 Å². The molecule has 0 amide bonds. The molecule has 0 spiro atoms. The molecule has 0 aliphatic rings. The van der Waals surface area contributed by atoms with E-state index in [-0.39, 0.29) is 5.75 Å². The zero-order chi connectivity index (χ0) is 12.5. The molecule has 0 radical (unpaired) electrons. The van der Waals surface area contributed by atoms with Crippen molar-refractivity contribution in [1.82, 2.24) is 14.5 Å². The second kappa shape index (κ2) is 4.14. The van der Waals surface area contributed by atoms with Gasteiger partial charge in [0.05, 0.1) is 0 Å². The number of nitrogens with zero attached hydrogens (tertiary/aromatic N) is 3. The molecule has 90 valence electrons. The molecule has 3 aromatic rings. The first-order valence-electron chi connectivity index (χ1n) is 5.90. The van der Waals surface area contributed by atoms with Gasteiger partial charge in [-0.2, -0.15) is 0 Å². The van der Waals surface area contributed by atoms with Crippen LogP contribution in [-0.2, 0) is 6.54 Å². The molecule has 0 saturated carbocycles. The van der Waals surface area contributed by atoms with Crippen molar-refractivity contribution < 1.29 is 5.11 Å². The monoisotopic (exact) mass is 239 g/mol. The Bertz CT molecular complexity index is 703. The fourth-order valence-electron chi connectivity index (χ4n) is 2.12. The smallest absolute Gasteiger partial charge is 0.160 e. The Labute approximate surface area is 105 Å². The molecule has 0 aliphatic carbocycles. The maximum absolute atomic E-state index is 9.56. The zero-order valence-electron chi connectivity index (χ0n) is 10.0. The highest BCUT2D eigenvalue weighted by atomic mass is 16.3. The number of hydrogen-bond acceptors (Lipinski definition) is 3. The second-order valence-corrected chi connectivity index (χ2v) is 4.08. The van der Waals surface area contributed by atoms with E-state index in [9.17, 15) is 5.11 Å². The average Bonchev–Trinajstić information content (AvgIpc) is 2.77. The summed E-state index contributed by atoms with van der Waals surface area (Å²) in [7, 11) is 0. The number of aromatic nitrogens is 3. The summed E-state index contributed by atoms with van der Waals surface area (Å²) in [6, 6.07) is 10.9. The van der Waals surface area contributed by atoms with E-state index in [0.29, 0.717) is 0 Å². The first-order valence-corrected chi connectivity index (χ1v) is 5.90. The Hall–Kier alpha value is -2.36. The summed E-state index contributed by atoms with van der Waals surface area (Å²) in [4.78, 5) is 8.94. The first-order chi connectivity index (χ1) is 8.79. The SMILES string of the molecule is CCn1c(-c2cccc(O)c2)nc2cccnc21. The van der Waals surface area contributed by atoms with Gasteiger partial charge >= 0.3 is 0 Å². The van der Waals surface area contributed by atoms with Crippen molar-refractivity contribution in [2.75, 3.05) is 0 Å². The number of hydrogen-bond donors (Lipinski definition) is 1. The van der Waals surface area contributed by atoms with Gasteiger partial charge in [0.15, 0.2) is 5.65 Å². The number of rotatable bonds is 2. The van der Waals surface area contributed by atoms with Crippen LogP contribution in [0.5, 0.6) is 5.75 Å². The quantitative estimate of drug-likeness (QED) is 0.748. The highest BCUT2D eigenvalue weighted by molar-refractivity contribution is 5.77. The largest absolute Gasteiger partial charge is 0.508 e. The van der Waals surface area contributed by atoms with Crippen LogP contribution in [0.3, 0.4) is 0 Å². The molecule has 0 saturated heterocycles. The minimum Gasteiger partial charge on any atom is -0.508 e. The van der Waals surface area contributed by atoms with Crippen molar-refractivity contribution in [2.45, 2.75) is 13.5 Å². The molecular weight excluding hydrogens is 226 g/mol. The van der Waals surface area contributed by atoms with Crippen LogP contribution in [0, 0.1) is 0 Å². The predicted molar refractivity (Wildman–Crippen MR) is 70.3 cm³/mol. The van der Waals surface area contributed by atoms with Crippen LogP contribution in [0.4, 0.5) is 0 Å². The normalized spacial score (nSPS) is 10.9. The Morgan fingerprint density at radius 3 is 2.89 bits per heavy atom. The molecule has 3 rings (SSSR count). The molecule has 4 heteroatoms. The number of phenols is 1. The van der Waals surface area contributed by atoms with Gasteiger partial charge in [-0.1, -0.05) is 12.1 Å². The number of benzene rings is 1. The lowest BCUT2D eigenvalue weighted by Gasteiger charge is -2.05. The second-order valence-electron chi connectivity index (χ2n) is 4.08. The van der Waals surface area contributed by atoms with Crippen LogP contribution in [0.15, 0.2) is 42.6 Å². The standard InChI is InChI=1S/C14H13N3O/c1-2-17-13(10-5-3-6-11(18)9-10)16-12-7-4-8-15-14(12)17/h3-9,18H,2H2,1H3. The summed E-state index contributed by atoms with van der Waals surface area (Å²) < 4.78 is 2.05. The van der Waals surface area contributed by atoms with Gasteiger partial charge in [-0.3, -0.25) is 0 Å². The van der Waals surface area contributed by atoms with E-state index in [1.165, 1.54) is 0 Å². The minimum atomic E-state index is 0.246. The topological polar surface area (TPSA) is 50.9 Å². The molecular formula is C14H13N3O. The first kappa shape index (κ1) is 10.8. The van der Waals surface area contributed by atoms with Crippen molar-refractivity contribution in [3.8, 4) is 17.1 Å². The van der Waals surface area contributed by atoms with Gasteiger partial charge in [0.1, 0.15) is 17.1 Å². The van der Waals surface area contributed by atoms with Crippen LogP contribution < -0.4 is 0 Å². The van der Waals surface area contributed by atoms with E-state index in [1.807, 2.05) is 28.8 Å². The summed E-state index contributed by atoms with van der Waals surface area (Å²) in [6.07, 6.45) is 1.77. The molecule has 18 heavy (non-hydrogen) atoms. The molecule has 1 aromatic carbocycles. The Balaban J connectivity index is 2.28.